The van der Waals surface area contributed by atoms with Crippen molar-refractivity contribution in [1.82, 2.24) is 9.97 Å². The van der Waals surface area contributed by atoms with Gasteiger partial charge in [-0.15, -0.1) is 0 Å². The number of aromatic nitrogens is 2. The van der Waals surface area contributed by atoms with Crippen molar-refractivity contribution in [2.24, 2.45) is 0 Å². The van der Waals surface area contributed by atoms with Crippen molar-refractivity contribution in [3.05, 3.63) is 70.9 Å². The highest BCUT2D eigenvalue weighted by Gasteiger charge is 2.04. The topological polar surface area (TPSA) is 59.1 Å². The van der Waals surface area contributed by atoms with Crippen molar-refractivity contribution in [1.29, 1.82) is 0 Å². The molecule has 1 heterocycles. The Hall–Kier alpha value is -2.79. The Morgan fingerprint density at radius 2 is 1.88 bits per heavy atom. The minimum absolute atomic E-state index is 0.495. The molecule has 25 heavy (non-hydrogen) atoms. The van der Waals surface area contributed by atoms with E-state index >= 15 is 0 Å². The minimum atomic E-state index is 0.495. The quantitative estimate of drug-likeness (QED) is 0.665. The molecule has 0 saturated carbocycles. The number of nitrogens with one attached hydrogen (secondary N) is 2. The fraction of sp³-hybridized carbons (Fsp3) is 0.158. The Balaban J connectivity index is 1.66. The number of methoxy groups -OCH3 is 1. The first-order valence-electron chi connectivity index (χ1n) is 7.87. The molecular formula is C19H19ClN4O. The lowest BCUT2D eigenvalue weighted by Crippen LogP contribution is -2.04. The van der Waals surface area contributed by atoms with Gasteiger partial charge in [0, 0.05) is 18.4 Å². The van der Waals surface area contributed by atoms with Crippen molar-refractivity contribution >= 4 is 29.1 Å². The summed E-state index contributed by atoms with van der Waals surface area (Å²) in [5.74, 6) is 1.87. The van der Waals surface area contributed by atoms with Crippen LogP contribution in [0.4, 0.5) is 17.5 Å². The van der Waals surface area contributed by atoms with Gasteiger partial charge in [-0.05, 0) is 36.8 Å². The lowest BCUT2D eigenvalue weighted by Gasteiger charge is -2.10. The highest BCUT2D eigenvalue weighted by Crippen LogP contribution is 2.28. The molecule has 2 N–H and O–H groups in total. The Bertz CT molecular complexity index is 852. The van der Waals surface area contributed by atoms with E-state index in [-0.39, 0.29) is 0 Å². The monoisotopic (exact) mass is 354 g/mol. The van der Waals surface area contributed by atoms with E-state index in [2.05, 4.69) is 51.8 Å². The van der Waals surface area contributed by atoms with E-state index in [1.165, 1.54) is 11.1 Å². The molecule has 0 aliphatic rings. The van der Waals surface area contributed by atoms with Crippen LogP contribution in [0.3, 0.4) is 0 Å². The summed E-state index contributed by atoms with van der Waals surface area (Å²) in [5, 5.41) is 6.97. The summed E-state index contributed by atoms with van der Waals surface area (Å²) in [5.41, 5.74) is 3.23. The van der Waals surface area contributed by atoms with Gasteiger partial charge >= 0.3 is 0 Å². The van der Waals surface area contributed by atoms with Gasteiger partial charge in [-0.2, -0.15) is 4.98 Å². The maximum absolute atomic E-state index is 6.14. The first kappa shape index (κ1) is 17.0. The number of hydrogen-bond acceptors (Lipinski definition) is 5. The largest absolute Gasteiger partial charge is 0.495 e. The SMILES string of the molecule is COc1ccc(Nc2nccc(NCc3ccc(C)cc3)n2)cc1Cl. The highest BCUT2D eigenvalue weighted by molar-refractivity contribution is 6.32. The highest BCUT2D eigenvalue weighted by atomic mass is 35.5. The zero-order valence-corrected chi connectivity index (χ0v) is 14.8. The lowest BCUT2D eigenvalue weighted by atomic mass is 10.1. The van der Waals surface area contributed by atoms with Crippen molar-refractivity contribution in [3.8, 4) is 5.75 Å². The molecule has 3 rings (SSSR count). The summed E-state index contributed by atoms with van der Waals surface area (Å²) in [6.07, 6.45) is 1.71. The Labute approximate surface area is 152 Å². The van der Waals surface area contributed by atoms with E-state index in [1.54, 1.807) is 25.4 Å². The van der Waals surface area contributed by atoms with Crippen molar-refractivity contribution in [2.45, 2.75) is 13.5 Å². The van der Waals surface area contributed by atoms with Gasteiger partial charge in [0.1, 0.15) is 11.6 Å². The van der Waals surface area contributed by atoms with Gasteiger partial charge < -0.3 is 15.4 Å². The number of aryl methyl sites for hydroxylation is 1. The molecule has 0 bridgehead atoms. The van der Waals surface area contributed by atoms with E-state index in [0.717, 1.165) is 11.5 Å². The van der Waals surface area contributed by atoms with Gasteiger partial charge in [0.2, 0.25) is 5.95 Å². The predicted molar refractivity (Wildman–Crippen MR) is 102 cm³/mol. The summed E-state index contributed by atoms with van der Waals surface area (Å²) in [4.78, 5) is 8.70. The molecule has 6 heteroatoms. The number of ether oxygens (including phenoxy) is 1. The number of hydrogen-bond donors (Lipinski definition) is 2. The molecule has 0 aliphatic heterocycles. The molecule has 1 aromatic heterocycles. The molecule has 0 unspecified atom stereocenters. The van der Waals surface area contributed by atoms with Crippen LogP contribution < -0.4 is 15.4 Å². The second kappa shape index (κ2) is 7.85. The van der Waals surface area contributed by atoms with Gasteiger partial charge in [0.15, 0.2) is 0 Å². The van der Waals surface area contributed by atoms with E-state index in [4.69, 9.17) is 16.3 Å². The molecule has 0 aliphatic carbocycles. The summed E-state index contributed by atoms with van der Waals surface area (Å²) in [6, 6.07) is 15.7. The van der Waals surface area contributed by atoms with Gasteiger partial charge in [-0.1, -0.05) is 41.4 Å². The molecule has 0 spiro atoms. The summed E-state index contributed by atoms with van der Waals surface area (Å²) in [6.45, 7) is 2.77. The molecule has 0 radical (unpaired) electrons. The zero-order valence-electron chi connectivity index (χ0n) is 14.1. The van der Waals surface area contributed by atoms with Gasteiger partial charge in [-0.3, -0.25) is 0 Å². The predicted octanol–water partition coefficient (Wildman–Crippen LogP) is 4.80. The van der Waals surface area contributed by atoms with E-state index < -0.39 is 0 Å². The molecule has 0 atom stereocenters. The van der Waals surface area contributed by atoms with Crippen LogP contribution in [0.5, 0.6) is 5.75 Å². The zero-order chi connectivity index (χ0) is 17.6. The molecule has 128 valence electrons. The average molecular weight is 355 g/mol. The number of anilines is 3. The minimum Gasteiger partial charge on any atom is -0.495 e. The van der Waals surface area contributed by atoms with Crippen LogP contribution in [0.1, 0.15) is 11.1 Å². The standard InChI is InChI=1S/C19H19ClN4O/c1-13-3-5-14(6-4-13)12-22-18-9-10-21-19(24-18)23-15-7-8-17(25-2)16(20)11-15/h3-11H,12H2,1-2H3,(H2,21,22,23,24). The Morgan fingerprint density at radius 3 is 2.60 bits per heavy atom. The van der Waals surface area contributed by atoms with Crippen molar-refractivity contribution in [2.75, 3.05) is 17.7 Å². The van der Waals surface area contributed by atoms with Crippen LogP contribution in [0.15, 0.2) is 54.7 Å². The van der Waals surface area contributed by atoms with Crippen LogP contribution in [0.25, 0.3) is 0 Å². The fourth-order valence-electron chi connectivity index (χ4n) is 2.29. The number of rotatable bonds is 6. The van der Waals surface area contributed by atoms with Gasteiger partial charge in [-0.25, -0.2) is 4.98 Å². The summed E-state index contributed by atoms with van der Waals surface area (Å²) < 4.78 is 5.15. The van der Waals surface area contributed by atoms with E-state index in [0.29, 0.717) is 23.3 Å². The average Bonchev–Trinajstić information content (AvgIpc) is 2.62. The van der Waals surface area contributed by atoms with Crippen LogP contribution in [-0.2, 0) is 6.54 Å². The summed E-state index contributed by atoms with van der Waals surface area (Å²) >= 11 is 6.14. The first-order valence-corrected chi connectivity index (χ1v) is 8.25. The Kier molecular flexibility index (Phi) is 5.36. The van der Waals surface area contributed by atoms with E-state index in [9.17, 15) is 0 Å². The van der Waals surface area contributed by atoms with Gasteiger partial charge in [0.05, 0.1) is 12.1 Å². The number of halogens is 1. The third-order valence-corrected chi connectivity index (χ3v) is 3.95. The smallest absolute Gasteiger partial charge is 0.229 e. The van der Waals surface area contributed by atoms with Crippen LogP contribution in [0.2, 0.25) is 5.02 Å². The fourth-order valence-corrected chi connectivity index (χ4v) is 2.55. The molecule has 3 aromatic rings. The number of benzene rings is 2. The van der Waals surface area contributed by atoms with E-state index in [1.807, 2.05) is 12.1 Å². The normalized spacial score (nSPS) is 10.4. The van der Waals surface area contributed by atoms with Crippen molar-refractivity contribution in [3.63, 3.8) is 0 Å². The second-order valence-corrected chi connectivity index (χ2v) is 5.99. The summed E-state index contributed by atoms with van der Waals surface area (Å²) in [7, 11) is 1.58. The second-order valence-electron chi connectivity index (χ2n) is 5.58. The van der Waals surface area contributed by atoms with Crippen LogP contribution in [-0.4, -0.2) is 17.1 Å². The number of nitrogens with zero attached hydrogens (tertiary/aromatic N) is 2. The Morgan fingerprint density at radius 1 is 1.08 bits per heavy atom. The molecular weight excluding hydrogens is 336 g/mol. The maximum atomic E-state index is 6.14. The molecule has 2 aromatic carbocycles. The lowest BCUT2D eigenvalue weighted by molar-refractivity contribution is 0.415. The maximum Gasteiger partial charge on any atom is 0.229 e. The molecule has 0 fully saturated rings. The van der Waals surface area contributed by atoms with Gasteiger partial charge in [0.25, 0.3) is 0 Å². The van der Waals surface area contributed by atoms with Crippen molar-refractivity contribution < 1.29 is 4.74 Å². The molecule has 0 saturated heterocycles. The third-order valence-electron chi connectivity index (χ3n) is 3.66. The van der Waals surface area contributed by atoms with Crippen LogP contribution in [0, 0.1) is 6.92 Å². The van der Waals surface area contributed by atoms with Crippen LogP contribution >= 0.6 is 11.6 Å². The third kappa shape index (κ3) is 4.61. The first-order chi connectivity index (χ1) is 12.1. The molecule has 0 amide bonds. The molecule has 5 nitrogen and oxygen atoms in total.